The van der Waals surface area contributed by atoms with Gasteiger partial charge in [0.15, 0.2) is 0 Å². The quantitative estimate of drug-likeness (QED) is 0.829. The predicted octanol–water partition coefficient (Wildman–Crippen LogP) is 2.65. The Morgan fingerprint density at radius 3 is 2.00 bits per heavy atom. The molecule has 3 heteroatoms. The molecule has 1 heterocycles. The maximum Gasteiger partial charge on any atom is 0.220 e. The highest BCUT2D eigenvalue weighted by molar-refractivity contribution is 5.31. The molecule has 0 aliphatic heterocycles. The second-order valence-corrected chi connectivity index (χ2v) is 4.93. The Bertz CT molecular complexity index is 333. The number of rotatable bonds is 3. The molecule has 0 saturated carbocycles. The Kier molecular flexibility index (Phi) is 3.32. The van der Waals surface area contributed by atoms with Crippen LogP contribution in [0, 0.1) is 19.3 Å². The van der Waals surface area contributed by atoms with Crippen molar-refractivity contribution in [1.29, 1.82) is 0 Å². The maximum atomic E-state index is 5.60. The predicted molar refractivity (Wildman–Crippen MR) is 63.7 cm³/mol. The molecule has 0 radical (unpaired) electrons. The van der Waals surface area contributed by atoms with Gasteiger partial charge in [-0.05, 0) is 31.2 Å². The maximum absolute atomic E-state index is 5.60. The smallest absolute Gasteiger partial charge is 0.220 e. The first kappa shape index (κ1) is 12.0. The van der Waals surface area contributed by atoms with E-state index in [2.05, 4.69) is 30.7 Å². The van der Waals surface area contributed by atoms with Crippen molar-refractivity contribution in [2.45, 2.75) is 47.5 Å². The van der Waals surface area contributed by atoms with Crippen LogP contribution in [-0.2, 0) is 6.42 Å². The van der Waals surface area contributed by atoms with Gasteiger partial charge >= 0.3 is 0 Å². The van der Waals surface area contributed by atoms with Crippen molar-refractivity contribution in [2.24, 2.45) is 5.41 Å². The van der Waals surface area contributed by atoms with Crippen LogP contribution in [0.3, 0.4) is 0 Å². The lowest BCUT2D eigenvalue weighted by Crippen LogP contribution is -2.17. The van der Waals surface area contributed by atoms with Gasteiger partial charge in [-0.25, -0.2) is 9.97 Å². The summed E-state index contributed by atoms with van der Waals surface area (Å²) in [4.78, 5) is 8.44. The summed E-state index contributed by atoms with van der Waals surface area (Å²) in [6, 6.07) is 0. The van der Waals surface area contributed by atoms with Crippen molar-refractivity contribution in [3.8, 4) is 0 Å². The standard InChI is InChI=1S/C12H21N3/c1-6-12(4,5)7-10-8(2)14-11(13)15-9(10)3/h6-7H2,1-5H3,(H2,13,14,15). The van der Waals surface area contributed by atoms with Crippen LogP contribution in [0.2, 0.25) is 0 Å². The molecule has 3 nitrogen and oxygen atoms in total. The topological polar surface area (TPSA) is 51.8 Å². The minimum atomic E-state index is 0.301. The SMILES string of the molecule is CCC(C)(C)Cc1c(C)nc(N)nc1C. The van der Waals surface area contributed by atoms with E-state index in [0.29, 0.717) is 11.4 Å². The molecule has 0 spiro atoms. The number of aromatic nitrogens is 2. The van der Waals surface area contributed by atoms with Crippen LogP contribution in [0.15, 0.2) is 0 Å². The van der Waals surface area contributed by atoms with Crippen molar-refractivity contribution in [3.05, 3.63) is 17.0 Å². The molecule has 0 unspecified atom stereocenters. The summed E-state index contributed by atoms with van der Waals surface area (Å²) in [5, 5.41) is 0. The van der Waals surface area contributed by atoms with E-state index >= 15 is 0 Å². The van der Waals surface area contributed by atoms with E-state index in [9.17, 15) is 0 Å². The summed E-state index contributed by atoms with van der Waals surface area (Å²) in [6.07, 6.45) is 2.16. The lowest BCUT2D eigenvalue weighted by atomic mass is 9.82. The molecule has 0 aromatic carbocycles. The highest BCUT2D eigenvalue weighted by atomic mass is 15.0. The summed E-state index contributed by atoms with van der Waals surface area (Å²) in [6.45, 7) is 10.8. The van der Waals surface area contributed by atoms with Crippen LogP contribution in [0.4, 0.5) is 5.95 Å². The molecule has 0 saturated heterocycles. The van der Waals surface area contributed by atoms with Crippen LogP contribution in [-0.4, -0.2) is 9.97 Å². The third kappa shape index (κ3) is 2.91. The Morgan fingerprint density at radius 1 is 1.13 bits per heavy atom. The van der Waals surface area contributed by atoms with E-state index in [0.717, 1.165) is 24.2 Å². The zero-order valence-electron chi connectivity index (χ0n) is 10.4. The highest BCUT2D eigenvalue weighted by Crippen LogP contribution is 2.27. The molecule has 2 N–H and O–H groups in total. The lowest BCUT2D eigenvalue weighted by molar-refractivity contribution is 0.347. The Labute approximate surface area is 92.1 Å². The van der Waals surface area contributed by atoms with Gasteiger partial charge in [0.1, 0.15) is 0 Å². The largest absolute Gasteiger partial charge is 0.368 e. The Hall–Kier alpha value is -1.12. The molecular weight excluding hydrogens is 186 g/mol. The normalized spacial score (nSPS) is 11.8. The summed E-state index contributed by atoms with van der Waals surface area (Å²) < 4.78 is 0. The van der Waals surface area contributed by atoms with Crippen LogP contribution in [0.1, 0.15) is 44.1 Å². The molecule has 1 aromatic rings. The average molecular weight is 207 g/mol. The molecule has 84 valence electrons. The van der Waals surface area contributed by atoms with E-state index in [1.807, 2.05) is 13.8 Å². The summed E-state index contributed by atoms with van der Waals surface area (Å²) in [7, 11) is 0. The van der Waals surface area contributed by atoms with Gasteiger partial charge in [0.2, 0.25) is 5.95 Å². The molecule has 0 aliphatic carbocycles. The monoisotopic (exact) mass is 207 g/mol. The van der Waals surface area contributed by atoms with Crippen molar-refractivity contribution < 1.29 is 0 Å². The third-order valence-corrected chi connectivity index (χ3v) is 3.05. The van der Waals surface area contributed by atoms with Gasteiger partial charge < -0.3 is 5.73 Å². The fraction of sp³-hybridized carbons (Fsp3) is 0.667. The van der Waals surface area contributed by atoms with Gasteiger partial charge in [-0.15, -0.1) is 0 Å². The zero-order chi connectivity index (χ0) is 11.6. The van der Waals surface area contributed by atoms with Gasteiger partial charge in [0.05, 0.1) is 0 Å². The number of nitrogen functional groups attached to an aromatic ring is 1. The van der Waals surface area contributed by atoms with Gasteiger partial charge in [0.25, 0.3) is 0 Å². The fourth-order valence-electron chi connectivity index (χ4n) is 1.62. The van der Waals surface area contributed by atoms with Crippen molar-refractivity contribution in [3.63, 3.8) is 0 Å². The van der Waals surface area contributed by atoms with Crippen molar-refractivity contribution in [1.82, 2.24) is 9.97 Å². The number of nitrogens with two attached hydrogens (primary N) is 1. The molecule has 0 amide bonds. The highest BCUT2D eigenvalue weighted by Gasteiger charge is 2.19. The van der Waals surface area contributed by atoms with E-state index in [1.54, 1.807) is 0 Å². The van der Waals surface area contributed by atoms with Crippen LogP contribution in [0.25, 0.3) is 0 Å². The first-order valence-electron chi connectivity index (χ1n) is 5.45. The minimum absolute atomic E-state index is 0.301. The third-order valence-electron chi connectivity index (χ3n) is 3.05. The van der Waals surface area contributed by atoms with Gasteiger partial charge in [-0.3, -0.25) is 0 Å². The molecular formula is C12H21N3. The number of hydrogen-bond donors (Lipinski definition) is 1. The lowest BCUT2D eigenvalue weighted by Gasteiger charge is -2.24. The molecule has 0 fully saturated rings. The van der Waals surface area contributed by atoms with E-state index in [4.69, 9.17) is 5.73 Å². The first-order valence-corrected chi connectivity index (χ1v) is 5.45. The van der Waals surface area contributed by atoms with Crippen molar-refractivity contribution >= 4 is 5.95 Å². The molecule has 1 rings (SSSR count). The summed E-state index contributed by atoms with van der Waals surface area (Å²) in [5.41, 5.74) is 9.18. The van der Waals surface area contributed by atoms with Gasteiger partial charge in [0, 0.05) is 11.4 Å². The van der Waals surface area contributed by atoms with Gasteiger partial charge in [-0.1, -0.05) is 27.2 Å². The second-order valence-electron chi connectivity index (χ2n) is 4.93. The Morgan fingerprint density at radius 2 is 1.60 bits per heavy atom. The molecule has 0 bridgehead atoms. The van der Waals surface area contributed by atoms with E-state index < -0.39 is 0 Å². The Balaban J connectivity index is 3.05. The van der Waals surface area contributed by atoms with Crippen molar-refractivity contribution in [2.75, 3.05) is 5.73 Å². The fourth-order valence-corrected chi connectivity index (χ4v) is 1.62. The molecule has 1 aromatic heterocycles. The number of aryl methyl sites for hydroxylation is 2. The zero-order valence-corrected chi connectivity index (χ0v) is 10.4. The van der Waals surface area contributed by atoms with Crippen LogP contribution < -0.4 is 5.73 Å². The average Bonchev–Trinajstić information content (AvgIpc) is 2.11. The van der Waals surface area contributed by atoms with Crippen LogP contribution >= 0.6 is 0 Å². The second kappa shape index (κ2) is 4.17. The minimum Gasteiger partial charge on any atom is -0.368 e. The number of hydrogen-bond acceptors (Lipinski definition) is 3. The van der Waals surface area contributed by atoms with E-state index in [-0.39, 0.29) is 0 Å². The number of nitrogens with zero attached hydrogens (tertiary/aromatic N) is 2. The van der Waals surface area contributed by atoms with Gasteiger partial charge in [-0.2, -0.15) is 0 Å². The summed E-state index contributed by atoms with van der Waals surface area (Å²) >= 11 is 0. The molecule has 0 aliphatic rings. The number of anilines is 1. The first-order chi connectivity index (χ1) is 6.85. The molecule has 0 atom stereocenters. The van der Waals surface area contributed by atoms with E-state index in [1.165, 1.54) is 5.56 Å². The summed E-state index contributed by atoms with van der Waals surface area (Å²) in [5.74, 6) is 0.378. The molecule has 15 heavy (non-hydrogen) atoms. The van der Waals surface area contributed by atoms with Crippen LogP contribution in [0.5, 0.6) is 0 Å².